The number of amides is 1. The second-order valence-electron chi connectivity index (χ2n) is 5.59. The molecule has 0 aliphatic carbocycles. The standard InChI is InChI=1S/C17H19FN4O3/c1-2-22-17(24)15(21-7-9-25-10-8-21)14(11-19-22)20-16(23)12-3-5-13(18)6-4-12/h3-6,11H,2,7-10H2,1H3,(H,20,23). The fraction of sp³-hybridized carbons (Fsp3) is 0.353. The first kappa shape index (κ1) is 17.1. The summed E-state index contributed by atoms with van der Waals surface area (Å²) in [7, 11) is 0. The first-order chi connectivity index (χ1) is 12.1. The second-order valence-corrected chi connectivity index (χ2v) is 5.59. The molecule has 0 radical (unpaired) electrons. The van der Waals surface area contributed by atoms with Crippen LogP contribution in [0.1, 0.15) is 17.3 Å². The van der Waals surface area contributed by atoms with E-state index in [9.17, 15) is 14.0 Å². The fourth-order valence-corrected chi connectivity index (χ4v) is 2.68. The van der Waals surface area contributed by atoms with Crippen molar-refractivity contribution in [3.05, 3.63) is 52.2 Å². The van der Waals surface area contributed by atoms with E-state index >= 15 is 0 Å². The number of hydrogen-bond acceptors (Lipinski definition) is 5. The van der Waals surface area contributed by atoms with E-state index in [4.69, 9.17) is 4.74 Å². The predicted octanol–water partition coefficient (Wildman–Crippen LogP) is 1.49. The molecular weight excluding hydrogens is 327 g/mol. The summed E-state index contributed by atoms with van der Waals surface area (Å²) in [4.78, 5) is 27.0. The number of benzene rings is 1. The zero-order valence-electron chi connectivity index (χ0n) is 13.9. The quantitative estimate of drug-likeness (QED) is 0.908. The highest BCUT2D eigenvalue weighted by atomic mass is 19.1. The molecule has 1 amide bonds. The van der Waals surface area contributed by atoms with E-state index in [1.165, 1.54) is 35.1 Å². The van der Waals surface area contributed by atoms with Crippen molar-refractivity contribution >= 4 is 17.3 Å². The Morgan fingerprint density at radius 1 is 1.28 bits per heavy atom. The molecule has 132 valence electrons. The average Bonchev–Trinajstić information content (AvgIpc) is 2.63. The summed E-state index contributed by atoms with van der Waals surface area (Å²) in [6, 6.07) is 5.20. The number of rotatable bonds is 4. The summed E-state index contributed by atoms with van der Waals surface area (Å²) in [5.41, 5.74) is 0.775. The molecule has 0 atom stereocenters. The highest BCUT2D eigenvalue weighted by Gasteiger charge is 2.21. The Morgan fingerprint density at radius 3 is 2.60 bits per heavy atom. The predicted molar refractivity (Wildman–Crippen MR) is 91.6 cm³/mol. The Kier molecular flexibility index (Phi) is 5.08. The van der Waals surface area contributed by atoms with Crippen LogP contribution >= 0.6 is 0 Å². The van der Waals surface area contributed by atoms with E-state index in [1.807, 2.05) is 11.8 Å². The van der Waals surface area contributed by atoms with Crippen LogP contribution in [-0.4, -0.2) is 42.0 Å². The van der Waals surface area contributed by atoms with E-state index in [1.54, 1.807) is 0 Å². The van der Waals surface area contributed by atoms with Crippen molar-refractivity contribution in [3.8, 4) is 0 Å². The average molecular weight is 346 g/mol. The lowest BCUT2D eigenvalue weighted by molar-refractivity contribution is 0.102. The lowest BCUT2D eigenvalue weighted by Gasteiger charge is -2.29. The number of halogens is 1. The minimum absolute atomic E-state index is 0.263. The zero-order chi connectivity index (χ0) is 17.8. The van der Waals surface area contributed by atoms with Gasteiger partial charge in [-0.3, -0.25) is 9.59 Å². The Balaban J connectivity index is 1.94. The van der Waals surface area contributed by atoms with Crippen LogP contribution in [0.3, 0.4) is 0 Å². The molecule has 1 saturated heterocycles. The molecule has 1 aromatic carbocycles. The number of nitrogens with zero attached hydrogens (tertiary/aromatic N) is 3. The van der Waals surface area contributed by atoms with Crippen molar-refractivity contribution < 1.29 is 13.9 Å². The van der Waals surface area contributed by atoms with Crippen LogP contribution in [0.5, 0.6) is 0 Å². The fourth-order valence-electron chi connectivity index (χ4n) is 2.68. The molecule has 0 bridgehead atoms. The van der Waals surface area contributed by atoms with Gasteiger partial charge in [0, 0.05) is 25.2 Å². The summed E-state index contributed by atoms with van der Waals surface area (Å²) in [5.74, 6) is -0.845. The van der Waals surface area contributed by atoms with Gasteiger partial charge in [-0.1, -0.05) is 0 Å². The van der Waals surface area contributed by atoms with Crippen molar-refractivity contribution in [3.63, 3.8) is 0 Å². The third-order valence-corrected chi connectivity index (χ3v) is 4.00. The number of aromatic nitrogens is 2. The third kappa shape index (κ3) is 3.69. The van der Waals surface area contributed by atoms with Crippen molar-refractivity contribution in [2.24, 2.45) is 0 Å². The van der Waals surface area contributed by atoms with Crippen molar-refractivity contribution in [2.45, 2.75) is 13.5 Å². The number of morpholine rings is 1. The van der Waals surface area contributed by atoms with Gasteiger partial charge in [-0.15, -0.1) is 0 Å². The van der Waals surface area contributed by atoms with Gasteiger partial charge < -0.3 is 15.0 Å². The van der Waals surface area contributed by atoms with Crippen molar-refractivity contribution in [1.82, 2.24) is 9.78 Å². The summed E-state index contributed by atoms with van der Waals surface area (Å²) in [5, 5.41) is 6.80. The van der Waals surface area contributed by atoms with Crippen LogP contribution in [0.2, 0.25) is 0 Å². The SMILES string of the molecule is CCn1ncc(NC(=O)c2ccc(F)cc2)c(N2CCOCC2)c1=O. The van der Waals surface area contributed by atoms with E-state index in [0.717, 1.165) is 0 Å². The van der Waals surface area contributed by atoms with E-state index in [2.05, 4.69) is 10.4 Å². The summed E-state index contributed by atoms with van der Waals surface area (Å²) in [6.45, 7) is 4.40. The van der Waals surface area contributed by atoms with Gasteiger partial charge in [0.15, 0.2) is 0 Å². The van der Waals surface area contributed by atoms with Gasteiger partial charge in [-0.25, -0.2) is 9.07 Å². The molecule has 1 aliphatic rings. The highest BCUT2D eigenvalue weighted by Crippen LogP contribution is 2.22. The van der Waals surface area contributed by atoms with E-state index in [0.29, 0.717) is 49.8 Å². The zero-order valence-corrected chi connectivity index (χ0v) is 13.9. The maximum Gasteiger partial charge on any atom is 0.292 e. The molecule has 0 spiro atoms. The molecule has 3 rings (SSSR count). The van der Waals surface area contributed by atoms with Gasteiger partial charge >= 0.3 is 0 Å². The van der Waals surface area contributed by atoms with Gasteiger partial charge in [0.1, 0.15) is 11.5 Å². The molecule has 1 aromatic heterocycles. The number of carbonyl (C=O) groups excluding carboxylic acids is 1. The van der Waals surface area contributed by atoms with Crippen LogP contribution in [0, 0.1) is 5.82 Å². The van der Waals surface area contributed by atoms with Crippen molar-refractivity contribution in [2.75, 3.05) is 36.5 Å². The number of aryl methyl sites for hydroxylation is 1. The maximum atomic E-state index is 13.0. The van der Waals surface area contributed by atoms with Crippen LogP contribution in [0.15, 0.2) is 35.3 Å². The van der Waals surface area contributed by atoms with Crippen LogP contribution < -0.4 is 15.8 Å². The molecule has 1 fully saturated rings. The molecule has 1 aliphatic heterocycles. The van der Waals surface area contributed by atoms with Crippen LogP contribution in [0.4, 0.5) is 15.8 Å². The van der Waals surface area contributed by atoms with Gasteiger partial charge in [-0.2, -0.15) is 5.10 Å². The van der Waals surface area contributed by atoms with Crippen LogP contribution in [-0.2, 0) is 11.3 Å². The molecule has 25 heavy (non-hydrogen) atoms. The number of ether oxygens (including phenoxy) is 1. The number of nitrogens with one attached hydrogen (secondary N) is 1. The summed E-state index contributed by atoms with van der Waals surface area (Å²) < 4.78 is 19.7. The van der Waals surface area contributed by atoms with Gasteiger partial charge in [0.25, 0.3) is 11.5 Å². The monoisotopic (exact) mass is 346 g/mol. The minimum atomic E-state index is -0.426. The Bertz CT molecular complexity index is 814. The Labute approximate surface area is 144 Å². The van der Waals surface area contributed by atoms with Gasteiger partial charge in [-0.05, 0) is 31.2 Å². The summed E-state index contributed by atoms with van der Waals surface area (Å²) >= 11 is 0. The number of hydrogen-bond donors (Lipinski definition) is 1. The lowest BCUT2D eigenvalue weighted by Crippen LogP contribution is -2.41. The normalized spacial score (nSPS) is 14.4. The number of anilines is 2. The lowest BCUT2D eigenvalue weighted by atomic mass is 10.2. The van der Waals surface area contributed by atoms with Gasteiger partial charge in [0.05, 0.1) is 25.1 Å². The summed E-state index contributed by atoms with van der Waals surface area (Å²) in [6.07, 6.45) is 1.47. The largest absolute Gasteiger partial charge is 0.378 e. The van der Waals surface area contributed by atoms with E-state index < -0.39 is 11.7 Å². The third-order valence-electron chi connectivity index (χ3n) is 4.00. The molecule has 0 saturated carbocycles. The first-order valence-corrected chi connectivity index (χ1v) is 8.10. The smallest absolute Gasteiger partial charge is 0.292 e. The van der Waals surface area contributed by atoms with E-state index in [-0.39, 0.29) is 5.56 Å². The maximum absolute atomic E-state index is 13.0. The number of carbonyl (C=O) groups is 1. The van der Waals surface area contributed by atoms with Crippen molar-refractivity contribution in [1.29, 1.82) is 0 Å². The second kappa shape index (κ2) is 7.43. The highest BCUT2D eigenvalue weighted by molar-refractivity contribution is 6.05. The molecule has 2 heterocycles. The molecule has 1 N–H and O–H groups in total. The minimum Gasteiger partial charge on any atom is -0.378 e. The topological polar surface area (TPSA) is 76.5 Å². The molecular formula is C17H19FN4O3. The molecule has 0 unspecified atom stereocenters. The molecule has 2 aromatic rings. The Morgan fingerprint density at radius 2 is 1.96 bits per heavy atom. The van der Waals surface area contributed by atoms with Crippen LogP contribution in [0.25, 0.3) is 0 Å². The first-order valence-electron chi connectivity index (χ1n) is 8.10. The molecule has 7 nitrogen and oxygen atoms in total. The molecule has 8 heteroatoms. The van der Waals surface area contributed by atoms with Gasteiger partial charge in [0.2, 0.25) is 0 Å². The Hall–Kier alpha value is -2.74.